The third-order valence-corrected chi connectivity index (χ3v) is 0. The van der Waals surface area contributed by atoms with Crippen molar-refractivity contribution < 1.29 is 54.1 Å². The van der Waals surface area contributed by atoms with Crippen LogP contribution in [0.2, 0.25) is 0 Å². The molecule has 0 rings (SSSR count). The Morgan fingerprint density at radius 2 is 0.833 bits per heavy atom. The average molecular weight is 256 g/mol. The molecule has 0 bridgehead atoms. The molecule has 0 aliphatic rings. The van der Waals surface area contributed by atoms with E-state index >= 15 is 0 Å². The minimum Gasteiger partial charge on any atom is -0.418 e. The molecule has 0 aliphatic carbocycles. The van der Waals surface area contributed by atoms with Gasteiger partial charge in [0, 0.05) is 36.9 Å². The zero-order chi connectivity index (χ0) is 4.50. The predicted molar refractivity (Wildman–Crippen MR) is 10.2 cm³/mol. The smallest absolute Gasteiger partial charge is 0.418 e. The Kier molecular flexibility index (Phi) is 5.18. The molecular weight excluding hydrogens is 256 g/mol. The molecule has 1 radical (unpaired) electrons. The van der Waals surface area contributed by atoms with Crippen molar-refractivity contribution in [1.29, 1.82) is 0 Å². The standard InChI is InChI=1S/BF4.Tm/c2-1(3,4)5;/q-1;. The van der Waals surface area contributed by atoms with Crippen LogP contribution in [-0.2, 0) is 0 Å². The Morgan fingerprint density at radius 3 is 0.833 bits per heavy atom. The number of rotatable bonds is 0. The van der Waals surface area contributed by atoms with Crippen molar-refractivity contribution in [2.45, 2.75) is 0 Å². The maximum atomic E-state index is 9.75. The van der Waals surface area contributed by atoms with Crippen LogP contribution >= 0.6 is 0 Å². The van der Waals surface area contributed by atoms with E-state index in [9.17, 15) is 17.3 Å². The Morgan fingerprint density at radius 1 is 0.833 bits per heavy atom. The number of hydrogen-bond donors (Lipinski definition) is 0. The maximum Gasteiger partial charge on any atom is 0.673 e. The van der Waals surface area contributed by atoms with Crippen molar-refractivity contribution >= 4 is 7.25 Å². The van der Waals surface area contributed by atoms with Crippen LogP contribution in [0.5, 0.6) is 0 Å². The topological polar surface area (TPSA) is 0 Å². The van der Waals surface area contributed by atoms with E-state index in [4.69, 9.17) is 0 Å². The Bertz CT molecular complexity index is 23.0. The molecule has 6 heavy (non-hydrogen) atoms. The summed E-state index contributed by atoms with van der Waals surface area (Å²) in [5.74, 6) is 0. The van der Waals surface area contributed by atoms with Crippen LogP contribution in [0.3, 0.4) is 0 Å². The van der Waals surface area contributed by atoms with Gasteiger partial charge in [-0.05, 0) is 0 Å². The summed E-state index contributed by atoms with van der Waals surface area (Å²) in [7, 11) is -6.00. The van der Waals surface area contributed by atoms with Crippen LogP contribution in [0, 0.1) is 36.9 Å². The normalized spacial score (nSPS) is 10.0. The van der Waals surface area contributed by atoms with E-state index in [2.05, 4.69) is 0 Å². The van der Waals surface area contributed by atoms with E-state index < -0.39 is 7.25 Å². The minimum atomic E-state index is -6.00. The Balaban J connectivity index is 0. The van der Waals surface area contributed by atoms with Gasteiger partial charge in [0.2, 0.25) is 0 Å². The molecule has 6 heteroatoms. The molecule has 0 amide bonds. The summed E-state index contributed by atoms with van der Waals surface area (Å²) >= 11 is 0. The van der Waals surface area contributed by atoms with Gasteiger partial charge in [0.25, 0.3) is 0 Å². The number of halogens is 4. The quantitative estimate of drug-likeness (QED) is 0.452. The van der Waals surface area contributed by atoms with Crippen molar-refractivity contribution in [2.24, 2.45) is 0 Å². The van der Waals surface area contributed by atoms with Crippen LogP contribution in [0.4, 0.5) is 17.3 Å². The molecule has 0 saturated carbocycles. The first-order valence-electron chi connectivity index (χ1n) is 0.873. The summed E-state index contributed by atoms with van der Waals surface area (Å²) in [4.78, 5) is 0. The summed E-state index contributed by atoms with van der Waals surface area (Å²) in [5.41, 5.74) is 0. The van der Waals surface area contributed by atoms with Crippen LogP contribution in [0.1, 0.15) is 0 Å². The third kappa shape index (κ3) is 78.1. The molecule has 0 spiro atoms. The van der Waals surface area contributed by atoms with E-state index in [0.29, 0.717) is 0 Å². The number of hydrogen-bond acceptors (Lipinski definition) is 0. The Labute approximate surface area is 61.2 Å². The molecule has 0 aromatic heterocycles. The maximum absolute atomic E-state index is 9.75. The molecule has 0 aromatic rings. The van der Waals surface area contributed by atoms with Gasteiger partial charge in [-0.2, -0.15) is 0 Å². The second kappa shape index (κ2) is 3.08. The van der Waals surface area contributed by atoms with Crippen LogP contribution < -0.4 is 0 Å². The molecule has 0 aromatic carbocycles. The fourth-order valence-corrected chi connectivity index (χ4v) is 0. The molecule has 0 aliphatic heterocycles. The van der Waals surface area contributed by atoms with Crippen molar-refractivity contribution in [3.8, 4) is 0 Å². The van der Waals surface area contributed by atoms with Crippen LogP contribution in [-0.4, -0.2) is 7.25 Å². The van der Waals surface area contributed by atoms with Crippen molar-refractivity contribution in [2.75, 3.05) is 0 Å². The molecule has 0 fully saturated rings. The van der Waals surface area contributed by atoms with Crippen molar-refractivity contribution in [3.05, 3.63) is 0 Å². The predicted octanol–water partition coefficient (Wildman–Crippen LogP) is 1.30. The zero-order valence-electron chi connectivity index (χ0n) is 2.37. The van der Waals surface area contributed by atoms with E-state index in [1.54, 1.807) is 0 Å². The SMILES string of the molecule is F[B-](F)(F)F.[Tm]. The largest absolute Gasteiger partial charge is 0.673 e. The monoisotopic (exact) mass is 256 g/mol. The summed E-state index contributed by atoms with van der Waals surface area (Å²) < 4.78 is 39.0. The van der Waals surface area contributed by atoms with Gasteiger partial charge >= 0.3 is 7.25 Å². The summed E-state index contributed by atoms with van der Waals surface area (Å²) in [5, 5.41) is 0. The first-order chi connectivity index (χ1) is 2.00. The first kappa shape index (κ1) is 10.1. The van der Waals surface area contributed by atoms with Gasteiger partial charge in [0.15, 0.2) is 0 Å². The van der Waals surface area contributed by atoms with Crippen molar-refractivity contribution in [1.82, 2.24) is 0 Å². The van der Waals surface area contributed by atoms with Crippen LogP contribution in [0.25, 0.3) is 0 Å². The fourth-order valence-electron chi connectivity index (χ4n) is 0. The van der Waals surface area contributed by atoms with Gasteiger partial charge < -0.3 is 17.3 Å². The fraction of sp³-hybridized carbons (Fsp3) is 0. The molecule has 0 nitrogen and oxygen atoms in total. The summed E-state index contributed by atoms with van der Waals surface area (Å²) in [6.45, 7) is 0. The third-order valence-electron chi connectivity index (χ3n) is 0. The second-order valence-electron chi connectivity index (χ2n) is 0.495. The van der Waals surface area contributed by atoms with Gasteiger partial charge in [-0.1, -0.05) is 0 Å². The molecule has 0 heterocycles. The van der Waals surface area contributed by atoms with E-state index in [0.717, 1.165) is 0 Å². The summed E-state index contributed by atoms with van der Waals surface area (Å²) in [6.07, 6.45) is 0. The van der Waals surface area contributed by atoms with E-state index in [1.165, 1.54) is 0 Å². The zero-order valence-corrected chi connectivity index (χ0v) is 4.15. The van der Waals surface area contributed by atoms with Gasteiger partial charge in [-0.15, -0.1) is 0 Å². The van der Waals surface area contributed by atoms with Gasteiger partial charge in [0.1, 0.15) is 0 Å². The summed E-state index contributed by atoms with van der Waals surface area (Å²) in [6, 6.07) is 0. The van der Waals surface area contributed by atoms with Gasteiger partial charge in [0.05, 0.1) is 0 Å². The van der Waals surface area contributed by atoms with E-state index in [-0.39, 0.29) is 36.9 Å². The molecule has 0 atom stereocenters. The minimum absolute atomic E-state index is 0. The molecular formula is BF4Tm-. The van der Waals surface area contributed by atoms with E-state index in [1.807, 2.05) is 0 Å². The van der Waals surface area contributed by atoms with Crippen LogP contribution in [0.15, 0.2) is 0 Å². The van der Waals surface area contributed by atoms with Gasteiger partial charge in [-0.3, -0.25) is 0 Å². The molecule has 0 saturated heterocycles. The molecule has 0 unspecified atom stereocenters. The first-order valence-corrected chi connectivity index (χ1v) is 0.873. The van der Waals surface area contributed by atoms with Crippen molar-refractivity contribution in [3.63, 3.8) is 0 Å². The molecule has 0 N–H and O–H groups in total. The average Bonchev–Trinajstić information content (AvgIpc) is 0.722. The second-order valence-corrected chi connectivity index (χ2v) is 0.495. The van der Waals surface area contributed by atoms with Gasteiger partial charge in [-0.25, -0.2) is 0 Å². The Hall–Kier alpha value is 1.02. The molecule has 45 valence electrons.